The fraction of sp³-hybridized carbons (Fsp3) is 0.107. The number of carbonyl (C=O) groups excluding carboxylic acids is 3. The summed E-state index contributed by atoms with van der Waals surface area (Å²) in [6, 6.07) is 18.0. The first-order valence-electron chi connectivity index (χ1n) is 11.4. The molecule has 0 spiro atoms. The lowest BCUT2D eigenvalue weighted by Gasteiger charge is -2.32. The van der Waals surface area contributed by atoms with Gasteiger partial charge in [0.05, 0.1) is 6.20 Å². The van der Waals surface area contributed by atoms with Crippen LogP contribution in [0.2, 0.25) is 0 Å². The summed E-state index contributed by atoms with van der Waals surface area (Å²) >= 11 is 0. The number of amides is 3. The second kappa shape index (κ2) is 11.2. The number of hydrogen-bond donors (Lipinski definition) is 2. The van der Waals surface area contributed by atoms with Crippen molar-refractivity contribution in [3.63, 3.8) is 0 Å². The first-order valence-corrected chi connectivity index (χ1v) is 11.4. The van der Waals surface area contributed by atoms with Crippen molar-refractivity contribution in [1.82, 2.24) is 9.97 Å². The molecule has 1 heterocycles. The fourth-order valence-electron chi connectivity index (χ4n) is 3.86. The molecule has 3 aromatic carbocycles. The van der Waals surface area contributed by atoms with Gasteiger partial charge < -0.3 is 10.6 Å². The molecule has 1 aromatic heterocycles. The van der Waals surface area contributed by atoms with Gasteiger partial charge >= 0.3 is 0 Å². The van der Waals surface area contributed by atoms with E-state index in [4.69, 9.17) is 0 Å². The zero-order valence-corrected chi connectivity index (χ0v) is 20.2. The minimum Gasteiger partial charge on any atom is -0.326 e. The van der Waals surface area contributed by atoms with Gasteiger partial charge in [-0.3, -0.25) is 24.3 Å². The van der Waals surface area contributed by atoms with Crippen LogP contribution in [0.4, 0.5) is 21.5 Å². The van der Waals surface area contributed by atoms with E-state index < -0.39 is 23.7 Å². The third kappa shape index (κ3) is 6.02. The largest absolute Gasteiger partial charge is 0.326 e. The van der Waals surface area contributed by atoms with Gasteiger partial charge in [-0.2, -0.15) is 0 Å². The molecule has 4 aromatic rings. The van der Waals surface area contributed by atoms with Crippen LogP contribution in [0.5, 0.6) is 0 Å². The number of anilines is 3. The van der Waals surface area contributed by atoms with Gasteiger partial charge in [0.1, 0.15) is 17.6 Å². The Balaban J connectivity index is 1.84. The van der Waals surface area contributed by atoms with Crippen molar-refractivity contribution in [2.45, 2.75) is 19.9 Å². The molecule has 0 aliphatic rings. The van der Waals surface area contributed by atoms with Crippen molar-refractivity contribution in [2.24, 2.45) is 0 Å². The lowest BCUT2D eigenvalue weighted by molar-refractivity contribution is -0.117. The van der Waals surface area contributed by atoms with Crippen LogP contribution in [0.1, 0.15) is 34.6 Å². The number of benzene rings is 3. The lowest BCUT2D eigenvalue weighted by atomic mass is 9.97. The van der Waals surface area contributed by atoms with E-state index in [1.54, 1.807) is 36.4 Å². The summed E-state index contributed by atoms with van der Waals surface area (Å²) in [6.07, 6.45) is 4.17. The summed E-state index contributed by atoms with van der Waals surface area (Å²) in [7, 11) is 0. The minimum atomic E-state index is -1.12. The average Bonchev–Trinajstić information content (AvgIpc) is 2.89. The molecular formula is C28H24FN5O3. The average molecular weight is 498 g/mol. The number of nitrogens with one attached hydrogen (secondary N) is 2. The molecule has 8 nitrogen and oxygen atoms in total. The van der Waals surface area contributed by atoms with Crippen molar-refractivity contribution in [3.05, 3.63) is 114 Å². The van der Waals surface area contributed by atoms with Crippen LogP contribution in [0.25, 0.3) is 0 Å². The van der Waals surface area contributed by atoms with E-state index in [1.807, 2.05) is 19.1 Å². The molecule has 1 atom stereocenters. The third-order valence-corrected chi connectivity index (χ3v) is 5.57. The van der Waals surface area contributed by atoms with Crippen molar-refractivity contribution >= 4 is 34.8 Å². The highest BCUT2D eigenvalue weighted by Crippen LogP contribution is 2.32. The van der Waals surface area contributed by atoms with Crippen LogP contribution in [-0.4, -0.2) is 27.7 Å². The van der Waals surface area contributed by atoms with Gasteiger partial charge in [0, 0.05) is 36.4 Å². The Morgan fingerprint density at radius 2 is 1.51 bits per heavy atom. The first-order chi connectivity index (χ1) is 17.8. The maximum atomic E-state index is 13.9. The number of aryl methyl sites for hydroxylation is 1. The smallest absolute Gasteiger partial charge is 0.279 e. The predicted molar refractivity (Wildman–Crippen MR) is 139 cm³/mol. The monoisotopic (exact) mass is 497 g/mol. The zero-order chi connectivity index (χ0) is 26.4. The van der Waals surface area contributed by atoms with Crippen LogP contribution < -0.4 is 15.5 Å². The second-order valence-corrected chi connectivity index (χ2v) is 8.25. The van der Waals surface area contributed by atoms with Crippen LogP contribution in [0.15, 0.2) is 91.4 Å². The van der Waals surface area contributed by atoms with E-state index in [-0.39, 0.29) is 11.6 Å². The van der Waals surface area contributed by atoms with E-state index in [0.29, 0.717) is 22.6 Å². The highest BCUT2D eigenvalue weighted by Gasteiger charge is 2.35. The Morgan fingerprint density at radius 3 is 2.14 bits per heavy atom. The fourth-order valence-corrected chi connectivity index (χ4v) is 3.86. The molecule has 0 aliphatic carbocycles. The molecule has 0 fully saturated rings. The number of rotatable bonds is 7. The summed E-state index contributed by atoms with van der Waals surface area (Å²) in [5.74, 6) is -1.74. The zero-order valence-electron chi connectivity index (χ0n) is 20.2. The lowest BCUT2D eigenvalue weighted by Crippen LogP contribution is -2.42. The van der Waals surface area contributed by atoms with Gasteiger partial charge in [0.2, 0.25) is 5.91 Å². The molecule has 0 bridgehead atoms. The summed E-state index contributed by atoms with van der Waals surface area (Å²) in [4.78, 5) is 48.6. The minimum absolute atomic E-state index is 0.0432. The molecule has 4 rings (SSSR count). The van der Waals surface area contributed by atoms with E-state index in [9.17, 15) is 18.8 Å². The number of halogens is 1. The SMILES string of the molecule is CC(=O)Nc1ccc(N(C(=O)c2cnccn2)C(C(=O)Nc2ccc(F)cc2)c2ccccc2C)cc1. The van der Waals surface area contributed by atoms with Crippen LogP contribution in [0.3, 0.4) is 0 Å². The van der Waals surface area contributed by atoms with E-state index >= 15 is 0 Å². The standard InChI is InChI=1S/C28H24FN5O3/c1-18-5-3-4-6-24(18)26(27(36)33-22-9-7-20(29)8-10-22)34(28(37)25-17-30-15-16-31-25)23-13-11-21(12-14-23)32-19(2)35/h3-17,26H,1-2H3,(H,32,35)(H,33,36). The van der Waals surface area contributed by atoms with Crippen LogP contribution in [-0.2, 0) is 9.59 Å². The van der Waals surface area contributed by atoms with E-state index in [1.165, 1.54) is 54.7 Å². The van der Waals surface area contributed by atoms with Crippen molar-refractivity contribution in [1.29, 1.82) is 0 Å². The second-order valence-electron chi connectivity index (χ2n) is 8.25. The molecule has 0 radical (unpaired) electrons. The van der Waals surface area contributed by atoms with Gasteiger partial charge in [-0.05, 0) is 66.6 Å². The van der Waals surface area contributed by atoms with Gasteiger partial charge in [-0.25, -0.2) is 9.37 Å². The molecule has 9 heteroatoms. The summed E-state index contributed by atoms with van der Waals surface area (Å²) in [5, 5.41) is 5.48. The quantitative estimate of drug-likeness (QED) is 0.378. The molecular weight excluding hydrogens is 473 g/mol. The van der Waals surface area contributed by atoms with Gasteiger partial charge in [-0.15, -0.1) is 0 Å². The number of aromatic nitrogens is 2. The van der Waals surface area contributed by atoms with E-state index in [2.05, 4.69) is 20.6 Å². The molecule has 186 valence electrons. The molecule has 0 aliphatic heterocycles. The normalized spacial score (nSPS) is 11.3. The Hall–Kier alpha value is -4.92. The van der Waals surface area contributed by atoms with Crippen LogP contribution >= 0.6 is 0 Å². The topological polar surface area (TPSA) is 104 Å². The van der Waals surface area contributed by atoms with Gasteiger partial charge in [0.15, 0.2) is 0 Å². The Bertz CT molecular complexity index is 1410. The van der Waals surface area contributed by atoms with Crippen molar-refractivity contribution < 1.29 is 18.8 Å². The maximum Gasteiger partial charge on any atom is 0.279 e. The molecule has 0 saturated heterocycles. The molecule has 0 saturated carbocycles. The van der Waals surface area contributed by atoms with Gasteiger partial charge in [0.25, 0.3) is 11.8 Å². The molecule has 3 amide bonds. The molecule has 1 unspecified atom stereocenters. The summed E-state index contributed by atoms with van der Waals surface area (Å²) in [5.41, 5.74) is 2.72. The Labute approximate surface area is 213 Å². The Kier molecular flexibility index (Phi) is 7.63. The number of hydrogen-bond acceptors (Lipinski definition) is 5. The maximum absolute atomic E-state index is 13.9. The number of nitrogens with zero attached hydrogens (tertiary/aromatic N) is 3. The molecule has 2 N–H and O–H groups in total. The molecule has 37 heavy (non-hydrogen) atoms. The number of carbonyl (C=O) groups is 3. The first kappa shape index (κ1) is 25.2. The Morgan fingerprint density at radius 1 is 0.865 bits per heavy atom. The summed E-state index contributed by atoms with van der Waals surface area (Å²) in [6.45, 7) is 3.24. The van der Waals surface area contributed by atoms with Gasteiger partial charge in [-0.1, -0.05) is 24.3 Å². The van der Waals surface area contributed by atoms with Crippen molar-refractivity contribution in [3.8, 4) is 0 Å². The van der Waals surface area contributed by atoms with Crippen molar-refractivity contribution in [2.75, 3.05) is 15.5 Å². The highest BCUT2D eigenvalue weighted by atomic mass is 19.1. The predicted octanol–water partition coefficient (Wildman–Crippen LogP) is 4.91. The van der Waals surface area contributed by atoms with E-state index in [0.717, 1.165) is 5.56 Å². The third-order valence-electron chi connectivity index (χ3n) is 5.57. The van der Waals surface area contributed by atoms with Crippen LogP contribution in [0, 0.1) is 12.7 Å². The highest BCUT2D eigenvalue weighted by molar-refractivity contribution is 6.11. The summed E-state index contributed by atoms with van der Waals surface area (Å²) < 4.78 is 13.5.